The Morgan fingerprint density at radius 3 is 2.42 bits per heavy atom. The number of rotatable bonds is 6. The second kappa shape index (κ2) is 9.60. The predicted octanol–water partition coefficient (Wildman–Crippen LogP) is 3.34. The highest BCUT2D eigenvalue weighted by Gasteiger charge is 2.36. The van der Waals surface area contributed by atoms with Gasteiger partial charge in [0.25, 0.3) is 0 Å². The van der Waals surface area contributed by atoms with Crippen molar-refractivity contribution in [3.8, 4) is 0 Å². The van der Waals surface area contributed by atoms with Gasteiger partial charge in [0.15, 0.2) is 0 Å². The van der Waals surface area contributed by atoms with Gasteiger partial charge >= 0.3 is 0 Å². The maximum atomic E-state index is 12.8. The van der Waals surface area contributed by atoms with Crippen LogP contribution >= 0.6 is 0 Å². The number of likely N-dealkylation sites (tertiary alicyclic amines) is 1. The van der Waals surface area contributed by atoms with Gasteiger partial charge in [-0.25, -0.2) is 0 Å². The summed E-state index contributed by atoms with van der Waals surface area (Å²) in [5, 5.41) is 3.21. The fourth-order valence-electron chi connectivity index (χ4n) is 4.47. The van der Waals surface area contributed by atoms with E-state index in [1.165, 1.54) is 11.1 Å². The van der Waals surface area contributed by atoms with Crippen LogP contribution in [0.5, 0.6) is 0 Å². The third kappa shape index (κ3) is 5.31. The van der Waals surface area contributed by atoms with Gasteiger partial charge in [-0.1, -0.05) is 26.0 Å². The van der Waals surface area contributed by atoms with Crippen LogP contribution in [0.15, 0.2) is 48.8 Å². The van der Waals surface area contributed by atoms with Gasteiger partial charge in [-0.15, -0.1) is 0 Å². The highest BCUT2D eigenvalue weighted by atomic mass is 16.2. The van der Waals surface area contributed by atoms with Crippen LogP contribution in [0.3, 0.4) is 0 Å². The summed E-state index contributed by atoms with van der Waals surface area (Å²) < 4.78 is 0. The number of hydrogen-bond donors (Lipinski definition) is 1. The molecule has 6 nitrogen and oxygen atoms in total. The van der Waals surface area contributed by atoms with E-state index in [0.29, 0.717) is 18.9 Å². The number of benzene rings is 1. The van der Waals surface area contributed by atoms with E-state index >= 15 is 0 Å². The zero-order valence-corrected chi connectivity index (χ0v) is 18.5. The molecular weight excluding hydrogens is 388 g/mol. The minimum atomic E-state index is -0.271. The lowest BCUT2D eigenvalue weighted by atomic mass is 10.0. The first kappa shape index (κ1) is 21.5. The van der Waals surface area contributed by atoms with Crippen molar-refractivity contribution < 1.29 is 9.59 Å². The Kier molecular flexibility index (Phi) is 6.66. The molecule has 2 amide bonds. The van der Waals surface area contributed by atoms with Crippen molar-refractivity contribution in [3.63, 3.8) is 0 Å². The highest BCUT2D eigenvalue weighted by molar-refractivity contribution is 6.00. The van der Waals surface area contributed by atoms with Gasteiger partial charge in [0.2, 0.25) is 11.8 Å². The average Bonchev–Trinajstić information content (AvgIpc) is 3.18. The minimum Gasteiger partial charge on any atom is -0.353 e. The Labute approximate surface area is 184 Å². The van der Waals surface area contributed by atoms with Gasteiger partial charge in [0.05, 0.1) is 5.92 Å². The summed E-state index contributed by atoms with van der Waals surface area (Å²) in [7, 11) is 0. The van der Waals surface area contributed by atoms with E-state index in [1.807, 2.05) is 36.7 Å². The first-order chi connectivity index (χ1) is 15.0. The van der Waals surface area contributed by atoms with Gasteiger partial charge < -0.3 is 10.2 Å². The van der Waals surface area contributed by atoms with Gasteiger partial charge in [0.1, 0.15) is 0 Å². The Bertz CT molecular complexity index is 889. The number of carbonyl (C=O) groups is 2. The lowest BCUT2D eigenvalue weighted by Crippen LogP contribution is -2.46. The third-order valence-electron chi connectivity index (χ3n) is 6.46. The summed E-state index contributed by atoms with van der Waals surface area (Å²) in [6.07, 6.45) is 5.83. The normalized spacial score (nSPS) is 20.4. The summed E-state index contributed by atoms with van der Waals surface area (Å²) >= 11 is 0. The molecule has 164 valence electrons. The summed E-state index contributed by atoms with van der Waals surface area (Å²) in [4.78, 5) is 33.6. The van der Waals surface area contributed by atoms with E-state index in [4.69, 9.17) is 0 Å². The van der Waals surface area contributed by atoms with E-state index < -0.39 is 0 Å². The molecule has 3 heterocycles. The second-order valence-electron chi connectivity index (χ2n) is 9.07. The molecule has 31 heavy (non-hydrogen) atoms. The van der Waals surface area contributed by atoms with E-state index in [0.717, 1.165) is 38.2 Å². The van der Waals surface area contributed by atoms with Crippen LogP contribution < -0.4 is 10.2 Å². The highest BCUT2D eigenvalue weighted by Crippen LogP contribution is 2.27. The van der Waals surface area contributed by atoms with Gasteiger partial charge in [0, 0.05) is 56.7 Å². The molecule has 1 aromatic heterocycles. The standard InChI is InChI=1S/C25H32N4O2/c1-18(2)20-3-5-23(6-4-20)29-17-21(15-24(29)30)25(31)27-22-9-13-28(14-10-22)16-19-7-11-26-12-8-19/h3-8,11-12,18,21-22H,9-10,13-17H2,1-2H3,(H,27,31). The molecule has 1 aromatic carbocycles. The van der Waals surface area contributed by atoms with E-state index in [9.17, 15) is 9.59 Å². The molecule has 1 N–H and O–H groups in total. The van der Waals surface area contributed by atoms with E-state index in [1.54, 1.807) is 4.90 Å². The zero-order chi connectivity index (χ0) is 21.8. The summed E-state index contributed by atoms with van der Waals surface area (Å²) in [6, 6.07) is 12.4. The lowest BCUT2D eigenvalue weighted by Gasteiger charge is -2.32. The maximum Gasteiger partial charge on any atom is 0.227 e. The van der Waals surface area contributed by atoms with Gasteiger partial charge in [-0.2, -0.15) is 0 Å². The van der Waals surface area contributed by atoms with Crippen molar-refractivity contribution in [3.05, 3.63) is 59.9 Å². The molecule has 0 spiro atoms. The molecule has 0 radical (unpaired) electrons. The smallest absolute Gasteiger partial charge is 0.227 e. The molecule has 0 saturated carbocycles. The van der Waals surface area contributed by atoms with Gasteiger partial charge in [-0.05, 0) is 54.2 Å². The maximum absolute atomic E-state index is 12.8. The molecule has 0 bridgehead atoms. The number of nitrogens with one attached hydrogen (secondary N) is 1. The largest absolute Gasteiger partial charge is 0.353 e. The van der Waals surface area contributed by atoms with Crippen LogP contribution in [0.4, 0.5) is 5.69 Å². The number of anilines is 1. The van der Waals surface area contributed by atoms with Crippen LogP contribution in [0, 0.1) is 5.92 Å². The molecule has 2 aliphatic rings. The van der Waals surface area contributed by atoms with Crippen molar-refractivity contribution in [2.75, 3.05) is 24.5 Å². The summed E-state index contributed by atoms with van der Waals surface area (Å²) in [6.45, 7) is 7.62. The monoisotopic (exact) mass is 420 g/mol. The SMILES string of the molecule is CC(C)c1ccc(N2CC(C(=O)NC3CCN(Cc4ccncc4)CC3)CC2=O)cc1. The van der Waals surface area contributed by atoms with Crippen molar-refractivity contribution >= 4 is 17.5 Å². The van der Waals surface area contributed by atoms with Crippen molar-refractivity contribution in [2.24, 2.45) is 5.92 Å². The van der Waals surface area contributed by atoms with Crippen molar-refractivity contribution in [1.29, 1.82) is 0 Å². The van der Waals surface area contributed by atoms with E-state index in [2.05, 4.69) is 41.2 Å². The molecule has 2 aromatic rings. The van der Waals surface area contributed by atoms with Gasteiger partial charge in [-0.3, -0.25) is 19.5 Å². The quantitative estimate of drug-likeness (QED) is 0.778. The van der Waals surface area contributed by atoms with Crippen molar-refractivity contribution in [2.45, 2.75) is 51.6 Å². The van der Waals surface area contributed by atoms with Crippen LogP contribution in [-0.2, 0) is 16.1 Å². The Balaban J connectivity index is 1.26. The number of piperidine rings is 1. The number of nitrogens with zero attached hydrogens (tertiary/aromatic N) is 3. The first-order valence-corrected chi connectivity index (χ1v) is 11.3. The number of pyridine rings is 1. The number of hydrogen-bond acceptors (Lipinski definition) is 4. The predicted molar refractivity (Wildman–Crippen MR) is 122 cm³/mol. The second-order valence-corrected chi connectivity index (χ2v) is 9.07. The first-order valence-electron chi connectivity index (χ1n) is 11.3. The Morgan fingerprint density at radius 2 is 1.77 bits per heavy atom. The Morgan fingerprint density at radius 1 is 1.10 bits per heavy atom. The lowest BCUT2D eigenvalue weighted by molar-refractivity contribution is -0.127. The molecule has 0 aliphatic carbocycles. The molecule has 2 fully saturated rings. The topological polar surface area (TPSA) is 65.5 Å². The summed E-state index contributed by atoms with van der Waals surface area (Å²) in [5.41, 5.74) is 3.40. The molecular formula is C25H32N4O2. The molecule has 1 unspecified atom stereocenters. The van der Waals surface area contributed by atoms with Crippen LogP contribution in [0.1, 0.15) is 50.2 Å². The van der Waals surface area contributed by atoms with Crippen molar-refractivity contribution in [1.82, 2.24) is 15.2 Å². The molecule has 6 heteroatoms. The number of aromatic nitrogens is 1. The van der Waals surface area contributed by atoms with Crippen LogP contribution in [0.2, 0.25) is 0 Å². The number of amides is 2. The fourth-order valence-corrected chi connectivity index (χ4v) is 4.47. The number of carbonyl (C=O) groups excluding carboxylic acids is 2. The molecule has 4 rings (SSSR count). The average molecular weight is 421 g/mol. The zero-order valence-electron chi connectivity index (χ0n) is 18.5. The summed E-state index contributed by atoms with van der Waals surface area (Å²) in [5.74, 6) is 0.233. The fraction of sp³-hybridized carbons (Fsp3) is 0.480. The minimum absolute atomic E-state index is 0.0160. The molecule has 2 aliphatic heterocycles. The molecule has 1 atom stereocenters. The van der Waals surface area contributed by atoms with Crippen LogP contribution in [0.25, 0.3) is 0 Å². The third-order valence-corrected chi connectivity index (χ3v) is 6.46. The molecule has 2 saturated heterocycles. The van der Waals surface area contributed by atoms with E-state index in [-0.39, 0.29) is 23.8 Å². The Hall–Kier alpha value is -2.73. The van der Waals surface area contributed by atoms with Crippen LogP contribution in [-0.4, -0.2) is 47.4 Å².